The molecule has 0 unspecified atom stereocenters. The maximum absolute atomic E-state index is 11.4. The van der Waals surface area contributed by atoms with E-state index < -0.39 is 9.84 Å². The van der Waals surface area contributed by atoms with E-state index in [9.17, 15) is 8.42 Å². The van der Waals surface area contributed by atoms with Crippen LogP contribution in [-0.2, 0) is 9.84 Å². The summed E-state index contributed by atoms with van der Waals surface area (Å²) in [5.74, 6) is -0.0906. The van der Waals surface area contributed by atoms with Crippen LogP contribution in [-0.4, -0.2) is 45.5 Å². The number of sulfone groups is 1. The van der Waals surface area contributed by atoms with Gasteiger partial charge in [0.15, 0.2) is 27.2 Å². The van der Waals surface area contributed by atoms with Crippen molar-refractivity contribution in [2.24, 2.45) is 10.9 Å². The topological polar surface area (TPSA) is 136 Å². The maximum Gasteiger partial charge on any atom is 0.192 e. The first-order valence-electron chi connectivity index (χ1n) is 4.97. The summed E-state index contributed by atoms with van der Waals surface area (Å²) in [4.78, 5) is 7.92. The van der Waals surface area contributed by atoms with Crippen molar-refractivity contribution >= 4 is 15.7 Å². The summed E-state index contributed by atoms with van der Waals surface area (Å²) >= 11 is 0. The van der Waals surface area contributed by atoms with E-state index in [1.54, 1.807) is 0 Å². The second-order valence-corrected chi connectivity index (χ2v) is 5.62. The van der Waals surface area contributed by atoms with Gasteiger partial charge in [0.2, 0.25) is 0 Å². The zero-order chi connectivity index (χ0) is 14.0. The Bertz CT molecular complexity index is 736. The first-order valence-corrected chi connectivity index (χ1v) is 6.86. The third kappa shape index (κ3) is 2.52. The third-order valence-electron chi connectivity index (χ3n) is 2.23. The zero-order valence-corrected chi connectivity index (χ0v) is 10.6. The van der Waals surface area contributed by atoms with Crippen LogP contribution in [0.1, 0.15) is 5.69 Å². The van der Waals surface area contributed by atoms with Crippen molar-refractivity contribution in [3.8, 4) is 5.82 Å². The number of amidine groups is 1. The SMILES string of the molecule is CS(=O)(=O)c1cnn(-c2nccnc2/C(N)=N/O)c1. The number of nitrogens with zero attached hydrogens (tertiary/aromatic N) is 5. The average Bonchev–Trinajstić information content (AvgIpc) is 2.87. The molecule has 0 radical (unpaired) electrons. The van der Waals surface area contributed by atoms with E-state index in [-0.39, 0.29) is 22.2 Å². The van der Waals surface area contributed by atoms with Crippen LogP contribution in [0.15, 0.2) is 34.8 Å². The predicted molar refractivity (Wildman–Crippen MR) is 64.8 cm³/mol. The van der Waals surface area contributed by atoms with Crippen molar-refractivity contribution in [3.05, 3.63) is 30.5 Å². The Kier molecular flexibility index (Phi) is 3.17. The molecule has 0 aliphatic carbocycles. The van der Waals surface area contributed by atoms with Gasteiger partial charge >= 0.3 is 0 Å². The minimum absolute atomic E-state index is 0.0311. The molecular weight excluding hydrogens is 272 g/mol. The molecule has 2 aromatic rings. The molecule has 0 saturated heterocycles. The van der Waals surface area contributed by atoms with Gasteiger partial charge in [-0.05, 0) is 0 Å². The summed E-state index contributed by atoms with van der Waals surface area (Å²) in [5.41, 5.74) is 5.55. The molecule has 0 aliphatic heterocycles. The predicted octanol–water partition coefficient (Wildman–Crippen LogP) is -0.840. The van der Waals surface area contributed by atoms with Gasteiger partial charge < -0.3 is 10.9 Å². The molecular formula is C9H10N6O3S. The molecule has 2 heterocycles. The summed E-state index contributed by atoms with van der Waals surface area (Å²) in [6, 6.07) is 0. The van der Waals surface area contributed by atoms with Gasteiger partial charge in [0, 0.05) is 18.6 Å². The average molecular weight is 282 g/mol. The van der Waals surface area contributed by atoms with Gasteiger partial charge in [0.05, 0.1) is 12.4 Å². The lowest BCUT2D eigenvalue weighted by atomic mass is 10.4. The number of hydrogen-bond acceptors (Lipinski definition) is 7. The number of nitrogens with two attached hydrogens (primary N) is 1. The lowest BCUT2D eigenvalue weighted by Crippen LogP contribution is -2.19. The van der Waals surface area contributed by atoms with Crippen molar-refractivity contribution in [1.82, 2.24) is 19.7 Å². The molecule has 100 valence electrons. The molecule has 3 N–H and O–H groups in total. The van der Waals surface area contributed by atoms with Crippen molar-refractivity contribution in [1.29, 1.82) is 0 Å². The Morgan fingerprint density at radius 1 is 1.42 bits per heavy atom. The van der Waals surface area contributed by atoms with E-state index >= 15 is 0 Å². The summed E-state index contributed by atoms with van der Waals surface area (Å²) < 4.78 is 23.9. The lowest BCUT2D eigenvalue weighted by Gasteiger charge is -2.04. The molecule has 0 aromatic carbocycles. The maximum atomic E-state index is 11.4. The van der Waals surface area contributed by atoms with Gasteiger partial charge in [-0.25, -0.2) is 23.1 Å². The molecule has 19 heavy (non-hydrogen) atoms. The minimum Gasteiger partial charge on any atom is -0.409 e. The third-order valence-corrected chi connectivity index (χ3v) is 3.30. The molecule has 0 aliphatic rings. The molecule has 0 spiro atoms. The van der Waals surface area contributed by atoms with Crippen LogP contribution in [0.2, 0.25) is 0 Å². The number of hydrogen-bond donors (Lipinski definition) is 2. The van der Waals surface area contributed by atoms with Crippen molar-refractivity contribution in [3.63, 3.8) is 0 Å². The van der Waals surface area contributed by atoms with Gasteiger partial charge in [0.1, 0.15) is 4.90 Å². The summed E-state index contributed by atoms with van der Waals surface area (Å²) in [7, 11) is -3.37. The Morgan fingerprint density at radius 3 is 2.68 bits per heavy atom. The molecule has 2 rings (SSSR count). The van der Waals surface area contributed by atoms with Gasteiger partial charge in [-0.2, -0.15) is 5.10 Å². The molecule has 0 bridgehead atoms. The quantitative estimate of drug-likeness (QED) is 0.324. The highest BCUT2D eigenvalue weighted by atomic mass is 32.2. The number of oxime groups is 1. The number of rotatable bonds is 3. The molecule has 0 amide bonds. The van der Waals surface area contributed by atoms with E-state index in [0.29, 0.717) is 0 Å². The van der Waals surface area contributed by atoms with Crippen LogP contribution in [0, 0.1) is 0 Å². The second kappa shape index (κ2) is 4.65. The Labute approximate surface area is 108 Å². The van der Waals surface area contributed by atoms with E-state index in [0.717, 1.165) is 6.26 Å². The standard InChI is InChI=1S/C9H10N6O3S/c1-19(17,18)6-4-13-15(5-6)9-7(8(10)14-16)11-2-3-12-9/h2-5,16H,1H3,(H2,10,14). The molecule has 10 heteroatoms. The normalized spacial score (nSPS) is 12.6. The van der Waals surface area contributed by atoms with Gasteiger partial charge in [-0.3, -0.25) is 0 Å². The Hall–Kier alpha value is -2.49. The van der Waals surface area contributed by atoms with Gasteiger partial charge in [0.25, 0.3) is 0 Å². The lowest BCUT2D eigenvalue weighted by molar-refractivity contribution is 0.318. The van der Waals surface area contributed by atoms with Crippen LogP contribution in [0.3, 0.4) is 0 Å². The monoisotopic (exact) mass is 282 g/mol. The Balaban J connectivity index is 2.57. The largest absolute Gasteiger partial charge is 0.409 e. The highest BCUT2D eigenvalue weighted by molar-refractivity contribution is 7.90. The van der Waals surface area contributed by atoms with E-state index in [2.05, 4.69) is 20.2 Å². The Morgan fingerprint density at radius 2 is 2.11 bits per heavy atom. The summed E-state index contributed by atoms with van der Waals surface area (Å²) in [6.45, 7) is 0. The van der Waals surface area contributed by atoms with Crippen LogP contribution >= 0.6 is 0 Å². The summed E-state index contributed by atoms with van der Waals surface area (Å²) in [5, 5.41) is 15.4. The molecule has 0 fully saturated rings. The highest BCUT2D eigenvalue weighted by Crippen LogP contribution is 2.12. The van der Waals surface area contributed by atoms with Crippen LogP contribution in [0.5, 0.6) is 0 Å². The first-order chi connectivity index (χ1) is 8.93. The van der Waals surface area contributed by atoms with E-state index in [1.165, 1.54) is 29.5 Å². The van der Waals surface area contributed by atoms with E-state index in [1.807, 2.05) is 0 Å². The van der Waals surface area contributed by atoms with Crippen molar-refractivity contribution in [2.75, 3.05) is 6.26 Å². The van der Waals surface area contributed by atoms with Crippen LogP contribution in [0.25, 0.3) is 5.82 Å². The minimum atomic E-state index is -3.37. The van der Waals surface area contributed by atoms with Crippen LogP contribution in [0.4, 0.5) is 0 Å². The smallest absolute Gasteiger partial charge is 0.192 e. The van der Waals surface area contributed by atoms with E-state index in [4.69, 9.17) is 10.9 Å². The fourth-order valence-electron chi connectivity index (χ4n) is 1.34. The van der Waals surface area contributed by atoms with Crippen molar-refractivity contribution < 1.29 is 13.6 Å². The molecule has 2 aromatic heterocycles. The van der Waals surface area contributed by atoms with Gasteiger partial charge in [-0.1, -0.05) is 5.16 Å². The van der Waals surface area contributed by atoms with Crippen molar-refractivity contribution in [2.45, 2.75) is 4.90 Å². The highest BCUT2D eigenvalue weighted by Gasteiger charge is 2.16. The first kappa shape index (κ1) is 13.0. The molecule has 9 nitrogen and oxygen atoms in total. The fourth-order valence-corrected chi connectivity index (χ4v) is 1.87. The molecule has 0 saturated carbocycles. The molecule has 0 atom stereocenters. The number of aromatic nitrogens is 4. The summed E-state index contributed by atoms with van der Waals surface area (Å²) in [6.07, 6.45) is 6.26. The van der Waals surface area contributed by atoms with Gasteiger partial charge in [-0.15, -0.1) is 0 Å². The fraction of sp³-hybridized carbons (Fsp3) is 0.111. The van der Waals surface area contributed by atoms with Crippen LogP contribution < -0.4 is 5.73 Å². The second-order valence-electron chi connectivity index (χ2n) is 3.61. The zero-order valence-electron chi connectivity index (χ0n) is 9.79.